The predicted octanol–water partition coefficient (Wildman–Crippen LogP) is 5.27. The van der Waals surface area contributed by atoms with E-state index in [1.807, 2.05) is 30.3 Å². The molecule has 188 valence electrons. The van der Waals surface area contributed by atoms with Crippen molar-refractivity contribution in [3.8, 4) is 5.75 Å². The van der Waals surface area contributed by atoms with Crippen LogP contribution < -0.4 is 9.64 Å². The SMILES string of the molecule is Cc1ccccc1N1CCN(C2=NC(=O)/C(=C/c3ccc(OCc4ccc([N+](=O)[O-])cc4)cc3)S2)CC1. The molecule has 2 heterocycles. The van der Waals surface area contributed by atoms with Crippen LogP contribution in [0.5, 0.6) is 5.75 Å². The second-order valence-corrected chi connectivity index (χ2v) is 9.86. The van der Waals surface area contributed by atoms with Crippen molar-refractivity contribution in [1.29, 1.82) is 0 Å². The number of aliphatic imine (C=N–C) groups is 1. The lowest BCUT2D eigenvalue weighted by Crippen LogP contribution is -2.48. The number of thioether (sulfide) groups is 1. The third-order valence-electron chi connectivity index (χ3n) is 6.35. The first-order chi connectivity index (χ1) is 18.0. The van der Waals surface area contributed by atoms with E-state index in [0.717, 1.165) is 42.5 Å². The van der Waals surface area contributed by atoms with Gasteiger partial charge in [-0.1, -0.05) is 30.3 Å². The fraction of sp³-hybridized carbons (Fsp3) is 0.214. The lowest BCUT2D eigenvalue weighted by molar-refractivity contribution is -0.384. The number of amides is 1. The summed E-state index contributed by atoms with van der Waals surface area (Å²) < 4.78 is 5.79. The van der Waals surface area contributed by atoms with Gasteiger partial charge in [-0.2, -0.15) is 4.99 Å². The standard InChI is InChI=1S/C28H26N4O4S/c1-20-4-2-3-5-25(20)30-14-16-31(17-15-30)28-29-27(33)26(37-28)18-21-8-12-24(13-9-21)36-19-22-6-10-23(11-7-22)32(34)35/h2-13,18H,14-17,19H2,1H3/b26-18-. The molecular weight excluding hydrogens is 488 g/mol. The third kappa shape index (κ3) is 5.83. The average molecular weight is 515 g/mol. The van der Waals surface area contributed by atoms with E-state index >= 15 is 0 Å². The van der Waals surface area contributed by atoms with Gasteiger partial charge in [-0.15, -0.1) is 0 Å². The molecule has 0 N–H and O–H groups in total. The Kier molecular flexibility index (Phi) is 7.23. The zero-order chi connectivity index (χ0) is 25.8. The molecule has 5 rings (SSSR count). The number of anilines is 1. The number of para-hydroxylation sites is 1. The number of amidine groups is 1. The summed E-state index contributed by atoms with van der Waals surface area (Å²) in [5, 5.41) is 11.5. The van der Waals surface area contributed by atoms with Gasteiger partial charge < -0.3 is 14.5 Å². The van der Waals surface area contributed by atoms with Crippen molar-refractivity contribution in [3.63, 3.8) is 0 Å². The number of non-ortho nitro benzene ring substituents is 1. The van der Waals surface area contributed by atoms with Crippen molar-refractivity contribution in [2.45, 2.75) is 13.5 Å². The molecule has 9 heteroatoms. The van der Waals surface area contributed by atoms with Gasteiger partial charge in [0.1, 0.15) is 12.4 Å². The molecule has 0 aromatic heterocycles. The summed E-state index contributed by atoms with van der Waals surface area (Å²) in [6.45, 7) is 5.86. The minimum atomic E-state index is -0.425. The Morgan fingerprint density at radius 1 is 0.973 bits per heavy atom. The van der Waals surface area contributed by atoms with Crippen LogP contribution in [0.2, 0.25) is 0 Å². The number of nitro benzene ring substituents is 1. The highest BCUT2D eigenvalue weighted by molar-refractivity contribution is 8.18. The van der Waals surface area contributed by atoms with Crippen molar-refractivity contribution in [3.05, 3.63) is 105 Å². The molecule has 3 aromatic carbocycles. The lowest BCUT2D eigenvalue weighted by atomic mass is 10.1. The number of hydrogen-bond donors (Lipinski definition) is 0. The molecule has 1 fully saturated rings. The molecule has 0 bridgehead atoms. The minimum absolute atomic E-state index is 0.0529. The Morgan fingerprint density at radius 2 is 1.65 bits per heavy atom. The first kappa shape index (κ1) is 24.6. The highest BCUT2D eigenvalue weighted by Gasteiger charge is 2.28. The molecule has 1 amide bonds. The summed E-state index contributed by atoms with van der Waals surface area (Å²) in [6, 6.07) is 22.2. The van der Waals surface area contributed by atoms with Crippen molar-refractivity contribution in [2.24, 2.45) is 4.99 Å². The Morgan fingerprint density at radius 3 is 2.32 bits per heavy atom. The summed E-state index contributed by atoms with van der Waals surface area (Å²) >= 11 is 1.42. The van der Waals surface area contributed by atoms with Crippen molar-refractivity contribution >= 4 is 40.3 Å². The van der Waals surface area contributed by atoms with Crippen LogP contribution in [0.25, 0.3) is 6.08 Å². The molecule has 0 aliphatic carbocycles. The summed E-state index contributed by atoms with van der Waals surface area (Å²) in [5.41, 5.74) is 4.32. The van der Waals surface area contributed by atoms with Crippen LogP contribution in [-0.2, 0) is 11.4 Å². The van der Waals surface area contributed by atoms with Gasteiger partial charge in [-0.3, -0.25) is 14.9 Å². The number of hydrogen-bond acceptors (Lipinski definition) is 7. The second-order valence-electron chi connectivity index (χ2n) is 8.85. The highest BCUT2D eigenvalue weighted by atomic mass is 32.2. The number of benzene rings is 3. The number of nitro groups is 1. The maximum absolute atomic E-state index is 12.6. The molecule has 8 nitrogen and oxygen atoms in total. The number of carbonyl (C=O) groups is 1. The second kappa shape index (κ2) is 10.9. The predicted molar refractivity (Wildman–Crippen MR) is 147 cm³/mol. The largest absolute Gasteiger partial charge is 0.489 e. The smallest absolute Gasteiger partial charge is 0.286 e. The van der Waals surface area contributed by atoms with Gasteiger partial charge in [0.25, 0.3) is 11.6 Å². The van der Waals surface area contributed by atoms with Gasteiger partial charge in [0.05, 0.1) is 9.83 Å². The summed E-state index contributed by atoms with van der Waals surface area (Å²) in [6.07, 6.45) is 1.85. The number of rotatable bonds is 6. The van der Waals surface area contributed by atoms with E-state index in [1.54, 1.807) is 12.1 Å². The normalized spacial score (nSPS) is 16.7. The number of ether oxygens (including phenoxy) is 1. The van der Waals surface area contributed by atoms with Crippen LogP contribution in [0, 0.1) is 17.0 Å². The molecule has 0 saturated carbocycles. The zero-order valence-corrected chi connectivity index (χ0v) is 21.2. The van der Waals surface area contributed by atoms with Crippen molar-refractivity contribution in [1.82, 2.24) is 4.90 Å². The van der Waals surface area contributed by atoms with E-state index < -0.39 is 4.92 Å². The van der Waals surface area contributed by atoms with E-state index in [0.29, 0.717) is 17.3 Å². The van der Waals surface area contributed by atoms with Crippen LogP contribution in [0.1, 0.15) is 16.7 Å². The van der Waals surface area contributed by atoms with Gasteiger partial charge in [0.15, 0.2) is 5.17 Å². The molecule has 0 spiro atoms. The van der Waals surface area contributed by atoms with Crippen LogP contribution in [0.4, 0.5) is 11.4 Å². The fourth-order valence-corrected chi connectivity index (χ4v) is 5.25. The van der Waals surface area contributed by atoms with Crippen LogP contribution >= 0.6 is 11.8 Å². The Bertz CT molecular complexity index is 1360. The fourth-order valence-electron chi connectivity index (χ4n) is 4.28. The van der Waals surface area contributed by atoms with Crippen LogP contribution in [0.3, 0.4) is 0 Å². The van der Waals surface area contributed by atoms with E-state index in [1.165, 1.54) is 35.1 Å². The molecule has 3 aromatic rings. The van der Waals surface area contributed by atoms with Crippen molar-refractivity contribution in [2.75, 3.05) is 31.1 Å². The van der Waals surface area contributed by atoms with E-state index in [4.69, 9.17) is 4.74 Å². The molecule has 37 heavy (non-hydrogen) atoms. The molecular formula is C28H26N4O4S. The van der Waals surface area contributed by atoms with Gasteiger partial charge in [0, 0.05) is 44.0 Å². The van der Waals surface area contributed by atoms with Gasteiger partial charge >= 0.3 is 0 Å². The number of piperazine rings is 1. The zero-order valence-electron chi connectivity index (χ0n) is 20.4. The first-order valence-corrected chi connectivity index (χ1v) is 12.8. The Labute approximate surface area is 219 Å². The maximum atomic E-state index is 12.6. The minimum Gasteiger partial charge on any atom is -0.489 e. The number of nitrogens with zero attached hydrogens (tertiary/aromatic N) is 4. The Balaban J connectivity index is 1.15. The first-order valence-electron chi connectivity index (χ1n) is 12.0. The molecule has 0 radical (unpaired) electrons. The monoisotopic (exact) mass is 514 g/mol. The van der Waals surface area contributed by atoms with Gasteiger partial charge in [-0.05, 0) is 71.8 Å². The van der Waals surface area contributed by atoms with Gasteiger partial charge in [0.2, 0.25) is 0 Å². The summed E-state index contributed by atoms with van der Waals surface area (Å²) in [7, 11) is 0. The molecule has 1 saturated heterocycles. The van der Waals surface area contributed by atoms with Crippen LogP contribution in [0.15, 0.2) is 82.7 Å². The number of carbonyl (C=O) groups excluding carboxylic acids is 1. The van der Waals surface area contributed by atoms with Crippen molar-refractivity contribution < 1.29 is 14.5 Å². The van der Waals surface area contributed by atoms with Crippen LogP contribution in [-0.4, -0.2) is 47.1 Å². The Hall–Kier alpha value is -4.11. The molecule has 2 aliphatic heterocycles. The summed E-state index contributed by atoms with van der Waals surface area (Å²) in [4.78, 5) is 32.4. The highest BCUT2D eigenvalue weighted by Crippen LogP contribution is 2.32. The maximum Gasteiger partial charge on any atom is 0.286 e. The topological polar surface area (TPSA) is 88.3 Å². The average Bonchev–Trinajstić information content (AvgIpc) is 3.28. The third-order valence-corrected chi connectivity index (χ3v) is 7.39. The molecule has 2 aliphatic rings. The van der Waals surface area contributed by atoms with E-state index in [2.05, 4.69) is 46.0 Å². The molecule has 0 atom stereocenters. The van der Waals surface area contributed by atoms with E-state index in [-0.39, 0.29) is 11.6 Å². The number of aryl methyl sites for hydroxylation is 1. The molecule has 0 unspecified atom stereocenters. The lowest BCUT2D eigenvalue weighted by Gasteiger charge is -2.37. The quantitative estimate of drug-likeness (QED) is 0.251. The van der Waals surface area contributed by atoms with Gasteiger partial charge in [-0.25, -0.2) is 0 Å². The van der Waals surface area contributed by atoms with E-state index in [9.17, 15) is 14.9 Å². The summed E-state index contributed by atoms with van der Waals surface area (Å²) in [5.74, 6) is 0.467.